The van der Waals surface area contributed by atoms with Gasteiger partial charge in [-0.1, -0.05) is 44.2 Å². The Bertz CT molecular complexity index is 930. The summed E-state index contributed by atoms with van der Waals surface area (Å²) in [5, 5.41) is 12.7. The van der Waals surface area contributed by atoms with Crippen molar-refractivity contribution in [2.24, 2.45) is 5.92 Å². The van der Waals surface area contributed by atoms with E-state index in [-0.39, 0.29) is 11.9 Å². The Morgan fingerprint density at radius 2 is 1.90 bits per heavy atom. The van der Waals surface area contributed by atoms with Gasteiger partial charge in [0.05, 0.1) is 39.0 Å². The first-order chi connectivity index (χ1) is 14.6. The molecule has 2 aromatic heterocycles. The van der Waals surface area contributed by atoms with Crippen molar-refractivity contribution in [3.63, 3.8) is 0 Å². The summed E-state index contributed by atoms with van der Waals surface area (Å²) in [6.07, 6.45) is 2.54. The zero-order valence-corrected chi connectivity index (χ0v) is 17.6. The summed E-state index contributed by atoms with van der Waals surface area (Å²) in [7, 11) is 0. The molecule has 158 valence electrons. The largest absolute Gasteiger partial charge is 0.459 e. The van der Waals surface area contributed by atoms with Crippen molar-refractivity contribution >= 4 is 5.91 Å². The minimum atomic E-state index is -0.0339. The van der Waals surface area contributed by atoms with Crippen LogP contribution in [0.3, 0.4) is 0 Å². The first-order valence-corrected chi connectivity index (χ1v) is 10.6. The van der Waals surface area contributed by atoms with E-state index in [0.717, 1.165) is 25.3 Å². The number of hydrogen-bond donors (Lipinski definition) is 1. The van der Waals surface area contributed by atoms with Crippen LogP contribution in [-0.4, -0.2) is 57.2 Å². The highest BCUT2D eigenvalue weighted by Crippen LogP contribution is 2.18. The summed E-state index contributed by atoms with van der Waals surface area (Å²) < 4.78 is 7.21. The molecular weight excluding hydrogens is 380 g/mol. The maximum atomic E-state index is 12.6. The molecule has 3 aromatic rings. The molecule has 4 rings (SSSR count). The Morgan fingerprint density at radius 3 is 2.57 bits per heavy atom. The fourth-order valence-electron chi connectivity index (χ4n) is 4.16. The van der Waals surface area contributed by atoms with Crippen molar-refractivity contribution in [2.45, 2.75) is 32.9 Å². The van der Waals surface area contributed by atoms with E-state index in [9.17, 15) is 4.79 Å². The van der Waals surface area contributed by atoms with Crippen LogP contribution in [0.25, 0.3) is 0 Å². The lowest BCUT2D eigenvalue weighted by Gasteiger charge is -2.36. The number of benzene rings is 1. The number of nitrogens with one attached hydrogen (secondary N) is 1. The van der Waals surface area contributed by atoms with E-state index in [1.54, 1.807) is 18.4 Å². The number of aromatic nitrogens is 4. The Kier molecular flexibility index (Phi) is 6.23. The number of hydrogen-bond acceptors (Lipinski definition) is 5. The molecule has 30 heavy (non-hydrogen) atoms. The summed E-state index contributed by atoms with van der Waals surface area (Å²) >= 11 is 0. The molecule has 0 aliphatic carbocycles. The van der Waals surface area contributed by atoms with Crippen LogP contribution in [0.1, 0.15) is 48.3 Å². The van der Waals surface area contributed by atoms with E-state index in [1.165, 1.54) is 10.5 Å². The van der Waals surface area contributed by atoms with Gasteiger partial charge in [-0.2, -0.15) is 0 Å². The Morgan fingerprint density at radius 1 is 1.13 bits per heavy atom. The lowest BCUT2D eigenvalue weighted by molar-refractivity contribution is -0.937. The van der Waals surface area contributed by atoms with Gasteiger partial charge in [0.2, 0.25) is 5.82 Å². The molecule has 1 N–H and O–H groups in total. The van der Waals surface area contributed by atoms with Gasteiger partial charge >= 0.3 is 0 Å². The molecule has 8 heteroatoms. The molecule has 1 amide bonds. The molecule has 1 saturated heterocycles. The van der Waals surface area contributed by atoms with E-state index in [4.69, 9.17) is 4.42 Å². The Balaban J connectivity index is 1.48. The smallest absolute Gasteiger partial charge is 0.289 e. The van der Waals surface area contributed by atoms with Gasteiger partial charge in [-0.3, -0.25) is 4.79 Å². The zero-order chi connectivity index (χ0) is 20.9. The van der Waals surface area contributed by atoms with Crippen LogP contribution in [0, 0.1) is 5.92 Å². The predicted octanol–water partition coefficient (Wildman–Crippen LogP) is 1.44. The van der Waals surface area contributed by atoms with Gasteiger partial charge in [0, 0.05) is 6.42 Å². The van der Waals surface area contributed by atoms with Gasteiger partial charge in [-0.15, -0.1) is 5.10 Å². The number of furan rings is 1. The molecule has 0 unspecified atom stereocenters. The average Bonchev–Trinajstić information content (AvgIpc) is 3.45. The zero-order valence-electron chi connectivity index (χ0n) is 17.6. The number of quaternary nitrogens is 1. The number of piperazine rings is 1. The van der Waals surface area contributed by atoms with Crippen LogP contribution in [-0.2, 0) is 6.54 Å². The van der Waals surface area contributed by atoms with Crippen LogP contribution >= 0.6 is 0 Å². The molecule has 1 atom stereocenters. The van der Waals surface area contributed by atoms with Gasteiger partial charge in [0.25, 0.3) is 5.91 Å². The third kappa shape index (κ3) is 4.59. The molecule has 3 heterocycles. The number of tetrazole rings is 1. The summed E-state index contributed by atoms with van der Waals surface area (Å²) in [5.74, 6) is 1.82. The summed E-state index contributed by atoms with van der Waals surface area (Å²) in [4.78, 5) is 15.9. The van der Waals surface area contributed by atoms with Crippen molar-refractivity contribution < 1.29 is 14.1 Å². The first kappa shape index (κ1) is 20.3. The Hall–Kier alpha value is -3.00. The maximum absolute atomic E-state index is 12.6. The lowest BCUT2D eigenvalue weighted by atomic mass is 10.0. The van der Waals surface area contributed by atoms with E-state index in [2.05, 4.69) is 41.5 Å². The number of amides is 1. The minimum absolute atomic E-state index is 0.0339. The second kappa shape index (κ2) is 9.21. The van der Waals surface area contributed by atoms with E-state index < -0.39 is 0 Å². The topological polar surface area (TPSA) is 81.5 Å². The van der Waals surface area contributed by atoms with Gasteiger partial charge in [-0.25, -0.2) is 4.68 Å². The molecular formula is C22H29N6O2+. The van der Waals surface area contributed by atoms with Gasteiger partial charge in [0.1, 0.15) is 6.04 Å². The molecule has 1 aliphatic heterocycles. The molecule has 1 aliphatic rings. The molecule has 8 nitrogen and oxygen atoms in total. The van der Waals surface area contributed by atoms with Crippen LogP contribution in [0.15, 0.2) is 53.1 Å². The van der Waals surface area contributed by atoms with Gasteiger partial charge in [-0.05, 0) is 34.0 Å². The normalized spacial score (nSPS) is 16.2. The molecule has 0 spiro atoms. The molecule has 0 saturated carbocycles. The highest BCUT2D eigenvalue weighted by Gasteiger charge is 2.34. The highest BCUT2D eigenvalue weighted by atomic mass is 16.3. The quantitative estimate of drug-likeness (QED) is 0.639. The first-order valence-electron chi connectivity index (χ1n) is 10.6. The molecule has 0 radical (unpaired) electrons. The van der Waals surface area contributed by atoms with Crippen LogP contribution in [0.5, 0.6) is 0 Å². The van der Waals surface area contributed by atoms with Gasteiger partial charge in [0.15, 0.2) is 5.76 Å². The third-order valence-electron chi connectivity index (χ3n) is 5.67. The maximum Gasteiger partial charge on any atom is 0.289 e. The van der Waals surface area contributed by atoms with Crippen molar-refractivity contribution in [3.8, 4) is 0 Å². The molecule has 0 bridgehead atoms. The Labute approximate surface area is 176 Å². The monoisotopic (exact) mass is 409 g/mol. The summed E-state index contributed by atoms with van der Waals surface area (Å²) in [5.41, 5.74) is 1.18. The number of nitrogens with zero attached hydrogens (tertiary/aromatic N) is 5. The molecule has 1 aromatic carbocycles. The van der Waals surface area contributed by atoms with E-state index in [1.807, 2.05) is 27.8 Å². The van der Waals surface area contributed by atoms with Crippen molar-refractivity contribution in [1.29, 1.82) is 0 Å². The van der Waals surface area contributed by atoms with Crippen LogP contribution < -0.4 is 4.90 Å². The second-order valence-electron chi connectivity index (χ2n) is 8.29. The number of rotatable bonds is 7. The number of carbonyl (C=O) groups is 1. The summed E-state index contributed by atoms with van der Waals surface area (Å²) in [6, 6.07) is 13.9. The second-order valence-corrected chi connectivity index (χ2v) is 8.29. The van der Waals surface area contributed by atoms with Crippen molar-refractivity contribution in [1.82, 2.24) is 25.1 Å². The fraction of sp³-hybridized carbons (Fsp3) is 0.455. The predicted molar refractivity (Wildman–Crippen MR) is 111 cm³/mol. The van der Waals surface area contributed by atoms with E-state index in [0.29, 0.717) is 31.3 Å². The van der Waals surface area contributed by atoms with Gasteiger partial charge < -0.3 is 14.2 Å². The highest BCUT2D eigenvalue weighted by molar-refractivity contribution is 5.91. The van der Waals surface area contributed by atoms with Crippen molar-refractivity contribution in [3.05, 3.63) is 65.9 Å². The fourth-order valence-corrected chi connectivity index (χ4v) is 4.16. The number of carbonyl (C=O) groups excluding carboxylic acids is 1. The van der Waals surface area contributed by atoms with E-state index >= 15 is 0 Å². The standard InChI is InChI=1S/C22H28N6O2/c1-17(2)15-19(21-23-24-25-28(21)16-18-7-4-3-5-8-18)26-10-12-27(13-11-26)22(29)20-9-6-14-30-20/h3-9,14,17,19H,10-13,15-16H2,1-2H3/p+1/t19-/m0/s1. The molecule has 1 fully saturated rings. The van der Waals surface area contributed by atoms with Crippen LogP contribution in [0.4, 0.5) is 0 Å². The average molecular weight is 410 g/mol. The summed E-state index contributed by atoms with van der Waals surface area (Å²) in [6.45, 7) is 8.24. The van der Waals surface area contributed by atoms with Crippen LogP contribution in [0.2, 0.25) is 0 Å². The third-order valence-corrected chi connectivity index (χ3v) is 5.67. The van der Waals surface area contributed by atoms with Crippen molar-refractivity contribution in [2.75, 3.05) is 26.2 Å². The lowest BCUT2D eigenvalue weighted by Crippen LogP contribution is -3.15. The SMILES string of the molecule is CC(C)C[C@@H](c1nnnn1Cc1ccccc1)[NH+]1CCN(C(=O)c2ccco2)CC1. The minimum Gasteiger partial charge on any atom is -0.459 e.